The monoisotopic (exact) mass is 329 g/mol. The molecule has 0 spiro atoms. The maximum absolute atomic E-state index is 12.2. The molecule has 23 heavy (non-hydrogen) atoms. The van der Waals surface area contributed by atoms with Crippen molar-refractivity contribution in [3.8, 4) is 0 Å². The van der Waals surface area contributed by atoms with Gasteiger partial charge >= 0.3 is 0 Å². The highest BCUT2D eigenvalue weighted by atomic mass is 32.2. The third kappa shape index (κ3) is 3.43. The lowest BCUT2D eigenvalue weighted by Crippen LogP contribution is -2.24. The number of aryl methyl sites for hydroxylation is 1. The number of hydrogen-bond donors (Lipinski definition) is 1. The number of fused-ring (bicyclic) bond motifs is 1. The van der Waals surface area contributed by atoms with Crippen LogP contribution in [-0.2, 0) is 23.4 Å². The number of para-hydroxylation sites is 2. The molecule has 0 unspecified atom stereocenters. The molecule has 3 rings (SSSR count). The SMILES string of the molecule is Cn1c(CNCCS(=O)(=O)c2ccccc2)nc2ccccc21. The molecular formula is C17H19N3O2S. The zero-order valence-electron chi connectivity index (χ0n) is 12.9. The number of rotatable bonds is 6. The Morgan fingerprint density at radius 2 is 1.74 bits per heavy atom. The molecule has 0 fully saturated rings. The third-order valence-corrected chi connectivity index (χ3v) is 5.54. The number of nitrogens with zero attached hydrogens (tertiary/aromatic N) is 2. The van der Waals surface area contributed by atoms with Gasteiger partial charge in [0, 0.05) is 13.6 Å². The number of aromatic nitrogens is 2. The van der Waals surface area contributed by atoms with Crippen molar-refractivity contribution < 1.29 is 8.42 Å². The number of benzene rings is 2. The van der Waals surface area contributed by atoms with Crippen LogP contribution in [0.5, 0.6) is 0 Å². The fourth-order valence-corrected chi connectivity index (χ4v) is 3.73. The van der Waals surface area contributed by atoms with E-state index in [0.29, 0.717) is 18.0 Å². The quantitative estimate of drug-likeness (QED) is 0.704. The van der Waals surface area contributed by atoms with E-state index in [1.807, 2.05) is 41.9 Å². The molecule has 5 nitrogen and oxygen atoms in total. The second-order valence-corrected chi connectivity index (χ2v) is 7.49. The highest BCUT2D eigenvalue weighted by molar-refractivity contribution is 7.91. The second kappa shape index (κ2) is 6.52. The molecule has 0 aliphatic rings. The van der Waals surface area contributed by atoms with Gasteiger partial charge in [0.05, 0.1) is 28.2 Å². The first-order valence-corrected chi connectivity index (χ1v) is 9.12. The zero-order chi connectivity index (χ0) is 16.3. The molecular weight excluding hydrogens is 310 g/mol. The van der Waals surface area contributed by atoms with E-state index < -0.39 is 9.84 Å². The van der Waals surface area contributed by atoms with Gasteiger partial charge in [0.25, 0.3) is 0 Å². The topological polar surface area (TPSA) is 64.0 Å². The maximum atomic E-state index is 12.2. The molecule has 0 aliphatic heterocycles. The fourth-order valence-electron chi connectivity index (χ4n) is 2.51. The summed E-state index contributed by atoms with van der Waals surface area (Å²) in [5.74, 6) is 0.962. The third-order valence-electron chi connectivity index (χ3n) is 3.81. The number of imidazole rings is 1. The lowest BCUT2D eigenvalue weighted by atomic mass is 10.3. The summed E-state index contributed by atoms with van der Waals surface area (Å²) in [4.78, 5) is 4.92. The Labute approximate surface area is 135 Å². The van der Waals surface area contributed by atoms with Crippen LogP contribution >= 0.6 is 0 Å². The predicted octanol–water partition coefficient (Wildman–Crippen LogP) is 2.14. The summed E-state index contributed by atoms with van der Waals surface area (Å²) in [6.45, 7) is 0.927. The molecule has 0 saturated carbocycles. The first kappa shape index (κ1) is 15.7. The Morgan fingerprint density at radius 1 is 1.04 bits per heavy atom. The van der Waals surface area contributed by atoms with Gasteiger partial charge in [0.15, 0.2) is 9.84 Å². The molecule has 2 aromatic carbocycles. The van der Waals surface area contributed by atoms with Gasteiger partial charge in [-0.3, -0.25) is 0 Å². The average molecular weight is 329 g/mol. The van der Waals surface area contributed by atoms with Crippen LogP contribution in [0.2, 0.25) is 0 Å². The average Bonchev–Trinajstić information content (AvgIpc) is 2.89. The number of hydrogen-bond acceptors (Lipinski definition) is 4. The summed E-state index contributed by atoms with van der Waals surface area (Å²) in [7, 11) is -1.27. The van der Waals surface area contributed by atoms with Gasteiger partial charge in [-0.25, -0.2) is 13.4 Å². The van der Waals surface area contributed by atoms with E-state index in [0.717, 1.165) is 16.9 Å². The first-order valence-electron chi connectivity index (χ1n) is 7.47. The molecule has 6 heteroatoms. The van der Waals surface area contributed by atoms with Crippen LogP contribution in [0.4, 0.5) is 0 Å². The van der Waals surface area contributed by atoms with Crippen LogP contribution in [0.15, 0.2) is 59.5 Å². The Balaban J connectivity index is 1.60. The van der Waals surface area contributed by atoms with Crippen LogP contribution in [-0.4, -0.2) is 30.3 Å². The van der Waals surface area contributed by atoms with Crippen LogP contribution in [0.25, 0.3) is 11.0 Å². The van der Waals surface area contributed by atoms with E-state index in [9.17, 15) is 8.42 Å². The largest absolute Gasteiger partial charge is 0.330 e. The van der Waals surface area contributed by atoms with Gasteiger partial charge in [0.1, 0.15) is 5.82 Å². The summed E-state index contributed by atoms with van der Waals surface area (Å²) in [5, 5.41) is 3.17. The van der Waals surface area contributed by atoms with Crippen LogP contribution in [0.3, 0.4) is 0 Å². The molecule has 1 N–H and O–H groups in total. The maximum Gasteiger partial charge on any atom is 0.179 e. The zero-order valence-corrected chi connectivity index (χ0v) is 13.8. The Hall–Kier alpha value is -2.18. The van der Waals surface area contributed by atoms with Gasteiger partial charge in [-0.15, -0.1) is 0 Å². The lowest BCUT2D eigenvalue weighted by Gasteiger charge is -2.06. The van der Waals surface area contributed by atoms with Gasteiger partial charge in [-0.2, -0.15) is 0 Å². The van der Waals surface area contributed by atoms with Crippen LogP contribution in [0, 0.1) is 0 Å². The number of nitrogens with one attached hydrogen (secondary N) is 1. The molecule has 0 amide bonds. The van der Waals surface area contributed by atoms with E-state index in [4.69, 9.17) is 0 Å². The van der Waals surface area contributed by atoms with Crippen molar-refractivity contribution in [1.29, 1.82) is 0 Å². The second-order valence-electron chi connectivity index (χ2n) is 5.38. The van der Waals surface area contributed by atoms with Crippen molar-refractivity contribution in [3.05, 3.63) is 60.4 Å². The van der Waals surface area contributed by atoms with Crippen molar-refractivity contribution in [3.63, 3.8) is 0 Å². The van der Waals surface area contributed by atoms with E-state index in [1.54, 1.807) is 24.3 Å². The van der Waals surface area contributed by atoms with Gasteiger partial charge in [-0.1, -0.05) is 30.3 Å². The summed E-state index contributed by atoms with van der Waals surface area (Å²) < 4.78 is 26.4. The standard InChI is InChI=1S/C17H19N3O2S/c1-20-16-10-6-5-9-15(16)19-17(20)13-18-11-12-23(21,22)14-7-3-2-4-8-14/h2-10,18H,11-13H2,1H3. The van der Waals surface area contributed by atoms with Crippen molar-refractivity contribution in [2.24, 2.45) is 7.05 Å². The highest BCUT2D eigenvalue weighted by Gasteiger charge is 2.13. The lowest BCUT2D eigenvalue weighted by molar-refractivity contribution is 0.588. The molecule has 0 bridgehead atoms. The van der Waals surface area contributed by atoms with Crippen molar-refractivity contribution in [2.75, 3.05) is 12.3 Å². The molecule has 3 aromatic rings. The van der Waals surface area contributed by atoms with Crippen molar-refractivity contribution >= 4 is 20.9 Å². The molecule has 0 atom stereocenters. The Morgan fingerprint density at radius 3 is 2.48 bits per heavy atom. The minimum Gasteiger partial charge on any atom is -0.330 e. The van der Waals surface area contributed by atoms with E-state index >= 15 is 0 Å². The molecule has 1 aromatic heterocycles. The van der Waals surface area contributed by atoms with Crippen molar-refractivity contribution in [1.82, 2.24) is 14.9 Å². The predicted molar refractivity (Wildman–Crippen MR) is 90.9 cm³/mol. The normalized spacial score (nSPS) is 11.9. The minimum absolute atomic E-state index is 0.0704. The highest BCUT2D eigenvalue weighted by Crippen LogP contribution is 2.14. The van der Waals surface area contributed by atoms with E-state index in [2.05, 4.69) is 10.3 Å². The van der Waals surface area contributed by atoms with E-state index in [-0.39, 0.29) is 5.75 Å². The summed E-state index contributed by atoms with van der Waals surface area (Å²) in [6.07, 6.45) is 0. The number of sulfone groups is 1. The summed E-state index contributed by atoms with van der Waals surface area (Å²) in [5.41, 5.74) is 2.02. The van der Waals surface area contributed by atoms with Crippen LogP contribution < -0.4 is 5.32 Å². The van der Waals surface area contributed by atoms with Crippen molar-refractivity contribution in [2.45, 2.75) is 11.4 Å². The van der Waals surface area contributed by atoms with E-state index in [1.165, 1.54) is 0 Å². The Kier molecular flexibility index (Phi) is 4.45. The fraction of sp³-hybridized carbons (Fsp3) is 0.235. The smallest absolute Gasteiger partial charge is 0.179 e. The van der Waals surface area contributed by atoms with Gasteiger partial charge in [-0.05, 0) is 24.3 Å². The van der Waals surface area contributed by atoms with Crippen LogP contribution in [0.1, 0.15) is 5.82 Å². The van der Waals surface area contributed by atoms with Gasteiger partial charge < -0.3 is 9.88 Å². The molecule has 0 saturated heterocycles. The molecule has 0 radical (unpaired) electrons. The summed E-state index contributed by atoms with van der Waals surface area (Å²) in [6, 6.07) is 16.5. The minimum atomic E-state index is -3.24. The molecule has 120 valence electrons. The van der Waals surface area contributed by atoms with Gasteiger partial charge in [0.2, 0.25) is 0 Å². The Bertz CT molecular complexity index is 902. The molecule has 1 heterocycles. The first-order chi connectivity index (χ1) is 11.1. The summed E-state index contributed by atoms with van der Waals surface area (Å²) >= 11 is 0. The molecule has 0 aliphatic carbocycles.